The van der Waals surface area contributed by atoms with Crippen LogP contribution in [0.3, 0.4) is 0 Å². The van der Waals surface area contributed by atoms with Crippen molar-refractivity contribution in [1.29, 1.82) is 10.8 Å². The highest BCUT2D eigenvalue weighted by molar-refractivity contribution is 6.38. The van der Waals surface area contributed by atoms with Crippen LogP contribution in [0.2, 0.25) is 0 Å². The molecule has 1 fully saturated rings. The highest BCUT2D eigenvalue weighted by atomic mass is 19.4. The summed E-state index contributed by atoms with van der Waals surface area (Å²) in [5.74, 6) is -1.36. The van der Waals surface area contributed by atoms with Crippen molar-refractivity contribution < 1.29 is 18.0 Å². The molecular weight excluding hydrogens is 455 g/mol. The van der Waals surface area contributed by atoms with Crippen LogP contribution in [0.4, 0.5) is 18.9 Å². The Kier molecular flexibility index (Phi) is 7.18. The summed E-state index contributed by atoms with van der Waals surface area (Å²) in [6.45, 7) is -0.0623. The fourth-order valence-electron chi connectivity index (χ4n) is 3.18. The summed E-state index contributed by atoms with van der Waals surface area (Å²) >= 11 is 0. The van der Waals surface area contributed by atoms with Crippen molar-refractivity contribution in [3.8, 4) is 0 Å². The minimum atomic E-state index is -4.67. The molecule has 34 heavy (non-hydrogen) atoms. The topological polar surface area (TPSA) is 163 Å². The number of alkyl halides is 3. The van der Waals surface area contributed by atoms with Crippen molar-refractivity contribution in [1.82, 2.24) is 25.2 Å². The zero-order valence-corrected chi connectivity index (χ0v) is 17.8. The lowest BCUT2D eigenvalue weighted by Gasteiger charge is -2.30. The monoisotopic (exact) mass is 475 g/mol. The summed E-state index contributed by atoms with van der Waals surface area (Å²) in [4.78, 5) is 38.7. The molecule has 1 amide bonds. The molecule has 1 saturated heterocycles. The van der Waals surface area contributed by atoms with Crippen LogP contribution in [0.5, 0.6) is 0 Å². The Balaban J connectivity index is 1.70. The molecule has 1 aliphatic heterocycles. The van der Waals surface area contributed by atoms with Gasteiger partial charge >= 0.3 is 6.18 Å². The summed E-state index contributed by atoms with van der Waals surface area (Å²) in [5, 5.41) is 21.5. The zero-order valence-electron chi connectivity index (χ0n) is 17.8. The Morgan fingerprint density at radius 1 is 1.35 bits per heavy atom. The van der Waals surface area contributed by atoms with Crippen LogP contribution in [0.1, 0.15) is 17.8 Å². The van der Waals surface area contributed by atoms with Crippen molar-refractivity contribution in [3.05, 3.63) is 58.0 Å². The fourth-order valence-corrected chi connectivity index (χ4v) is 3.18. The van der Waals surface area contributed by atoms with Crippen molar-refractivity contribution in [2.45, 2.75) is 12.6 Å². The number of piperidine rings is 1. The van der Waals surface area contributed by atoms with Crippen LogP contribution >= 0.6 is 0 Å². The number of carbonyl (C=O) groups excluding carboxylic acids is 1. The first-order chi connectivity index (χ1) is 16.1. The molecule has 0 aliphatic carbocycles. The third-order valence-corrected chi connectivity index (χ3v) is 4.80. The van der Waals surface area contributed by atoms with Gasteiger partial charge in [-0.05, 0) is 18.6 Å². The summed E-state index contributed by atoms with van der Waals surface area (Å²) in [5.41, 5.74) is -0.874. The van der Waals surface area contributed by atoms with Gasteiger partial charge in [-0.3, -0.25) is 20.0 Å². The number of anilines is 1. The molecule has 11 nitrogen and oxygen atoms in total. The van der Waals surface area contributed by atoms with Gasteiger partial charge in [-0.1, -0.05) is 0 Å². The minimum absolute atomic E-state index is 0.0196. The number of hydrogen-bond acceptors (Lipinski definition) is 7. The molecule has 0 bridgehead atoms. The molecule has 0 atom stereocenters. The van der Waals surface area contributed by atoms with E-state index in [0.717, 1.165) is 12.5 Å². The third kappa shape index (κ3) is 5.51. The molecule has 0 radical (unpaired) electrons. The van der Waals surface area contributed by atoms with Gasteiger partial charge in [-0.15, -0.1) is 0 Å². The van der Waals surface area contributed by atoms with Crippen LogP contribution in [-0.2, 0) is 11.0 Å². The first kappa shape index (κ1) is 24.3. The Labute approximate surface area is 190 Å². The lowest BCUT2D eigenvalue weighted by molar-refractivity contribution is -0.141. The van der Waals surface area contributed by atoms with Crippen LogP contribution in [-0.4, -0.2) is 63.8 Å². The summed E-state index contributed by atoms with van der Waals surface area (Å²) in [6, 6.07) is 3.08. The predicted molar refractivity (Wildman–Crippen MR) is 119 cm³/mol. The Morgan fingerprint density at radius 2 is 2.12 bits per heavy atom. The number of carbonyl (C=O) groups is 1. The molecular formula is C20H20F3N9O2. The molecule has 1 aliphatic rings. The average Bonchev–Trinajstić information content (AvgIpc) is 2.81. The van der Waals surface area contributed by atoms with Crippen LogP contribution < -0.4 is 16.2 Å². The van der Waals surface area contributed by atoms with Crippen molar-refractivity contribution in [3.63, 3.8) is 0 Å². The second kappa shape index (κ2) is 10.1. The van der Waals surface area contributed by atoms with Gasteiger partial charge in [0, 0.05) is 25.4 Å². The summed E-state index contributed by atoms with van der Waals surface area (Å²) in [7, 11) is 1.49. The largest absolute Gasteiger partial charge is 0.434 e. The van der Waals surface area contributed by atoms with E-state index in [1.807, 2.05) is 0 Å². The SMILES string of the molecule is CN/C(=C1/CCN(C(=O)C(=N)/N=C\Nc2ccc[nH]c2=O)CC1=N)c1cncc(C(F)(F)F)n1. The number of halogens is 3. The molecule has 178 valence electrons. The normalized spacial score (nSPS) is 15.9. The van der Waals surface area contributed by atoms with Gasteiger partial charge in [0.05, 0.1) is 36.7 Å². The van der Waals surface area contributed by atoms with Crippen LogP contribution in [0, 0.1) is 10.8 Å². The van der Waals surface area contributed by atoms with Crippen molar-refractivity contribution in [2.75, 3.05) is 25.5 Å². The van der Waals surface area contributed by atoms with E-state index in [2.05, 4.69) is 30.6 Å². The Hall–Kier alpha value is -4.36. The van der Waals surface area contributed by atoms with Gasteiger partial charge in [0.1, 0.15) is 11.4 Å². The Morgan fingerprint density at radius 3 is 2.76 bits per heavy atom. The third-order valence-electron chi connectivity index (χ3n) is 4.80. The number of pyridine rings is 1. The van der Waals surface area contributed by atoms with E-state index in [1.54, 1.807) is 6.07 Å². The lowest BCUT2D eigenvalue weighted by Crippen LogP contribution is -2.44. The maximum Gasteiger partial charge on any atom is 0.434 e. The number of hydrogen-bond donors (Lipinski definition) is 5. The molecule has 5 N–H and O–H groups in total. The maximum absolute atomic E-state index is 13.0. The van der Waals surface area contributed by atoms with E-state index in [9.17, 15) is 22.8 Å². The average molecular weight is 475 g/mol. The van der Waals surface area contributed by atoms with E-state index in [0.29, 0.717) is 11.8 Å². The Bertz CT molecular complexity index is 1230. The number of amidine groups is 1. The van der Waals surface area contributed by atoms with Gasteiger partial charge in [-0.2, -0.15) is 13.2 Å². The smallest absolute Gasteiger partial charge is 0.386 e. The predicted octanol–water partition coefficient (Wildman–Crippen LogP) is 1.48. The number of nitrogens with zero attached hydrogens (tertiary/aromatic N) is 4. The number of aliphatic imine (C=N–C) groups is 1. The number of aromatic amines is 1. The molecule has 3 heterocycles. The van der Waals surface area contributed by atoms with Crippen molar-refractivity contribution >= 4 is 35.2 Å². The van der Waals surface area contributed by atoms with Crippen LogP contribution in [0.25, 0.3) is 5.70 Å². The molecule has 0 aromatic carbocycles. The first-order valence-corrected chi connectivity index (χ1v) is 9.84. The van der Waals surface area contributed by atoms with Crippen LogP contribution in [0.15, 0.2) is 46.1 Å². The highest BCUT2D eigenvalue weighted by Gasteiger charge is 2.34. The number of amides is 1. The number of likely N-dealkylation sites (tertiary alicyclic amines) is 1. The number of aromatic nitrogens is 3. The van der Waals surface area contributed by atoms with Gasteiger partial charge < -0.3 is 25.9 Å². The zero-order chi connectivity index (χ0) is 24.9. The molecule has 14 heteroatoms. The fraction of sp³-hybridized carbons (Fsp3) is 0.250. The number of nitrogens with one attached hydrogen (secondary N) is 5. The second-order valence-electron chi connectivity index (χ2n) is 7.01. The lowest BCUT2D eigenvalue weighted by atomic mass is 9.98. The highest BCUT2D eigenvalue weighted by Crippen LogP contribution is 2.28. The van der Waals surface area contributed by atoms with Gasteiger partial charge in [0.2, 0.25) is 5.84 Å². The van der Waals surface area contributed by atoms with E-state index in [4.69, 9.17) is 10.8 Å². The molecule has 0 saturated carbocycles. The summed E-state index contributed by atoms with van der Waals surface area (Å²) in [6.07, 6.45) is -0.260. The van der Waals surface area contributed by atoms with E-state index in [-0.39, 0.29) is 42.3 Å². The van der Waals surface area contributed by atoms with Crippen molar-refractivity contribution in [2.24, 2.45) is 4.99 Å². The van der Waals surface area contributed by atoms with Gasteiger partial charge in [0.15, 0.2) is 5.69 Å². The molecule has 0 unspecified atom stereocenters. The van der Waals surface area contributed by atoms with Gasteiger partial charge in [0.25, 0.3) is 11.5 Å². The summed E-state index contributed by atoms with van der Waals surface area (Å²) < 4.78 is 39.0. The molecule has 0 spiro atoms. The quantitative estimate of drug-likeness (QED) is 0.332. The first-order valence-electron chi connectivity index (χ1n) is 9.84. The van der Waals surface area contributed by atoms with E-state index >= 15 is 0 Å². The molecule has 2 aromatic heterocycles. The molecule has 3 rings (SSSR count). The molecule has 2 aromatic rings. The van der Waals surface area contributed by atoms with E-state index in [1.165, 1.54) is 24.2 Å². The van der Waals surface area contributed by atoms with E-state index < -0.39 is 29.2 Å². The second-order valence-corrected chi connectivity index (χ2v) is 7.01. The number of rotatable bonds is 4. The minimum Gasteiger partial charge on any atom is -0.386 e. The number of H-pyrrole nitrogens is 1. The maximum atomic E-state index is 13.0. The van der Waals surface area contributed by atoms with Gasteiger partial charge in [-0.25, -0.2) is 9.98 Å². The standard InChI is InChI=1S/C20H20F3N9O2/c1-26-16(14-7-27-8-15(31-14)20(21,22)23)11-4-6-32(9-12(11)24)19(34)17(25)30-10-29-13-3-2-5-28-18(13)33/h2-3,5,7-8,10,24,26H,4,6,9H2,1H3,(H,28,33)(H2,25,29,30)/b16-11-,24-12?.